The Morgan fingerprint density at radius 2 is 1.74 bits per heavy atom. The molecule has 2 fully saturated rings. The molecule has 19 heavy (non-hydrogen) atoms. The standard InChI is InChI=1S/C16H33N3/c1-18-12-7-16(8-13-18)14-19(2)11-3-4-15-5-9-17-10-6-15/h15-17H,3-14H2,1-2H3. The Morgan fingerprint density at radius 3 is 2.42 bits per heavy atom. The van der Waals surface area contributed by atoms with Crippen LogP contribution in [0.25, 0.3) is 0 Å². The van der Waals surface area contributed by atoms with Crippen molar-refractivity contribution in [2.75, 3.05) is 53.4 Å². The molecule has 0 aliphatic carbocycles. The fourth-order valence-corrected chi connectivity index (χ4v) is 3.60. The molecule has 2 aliphatic heterocycles. The van der Waals surface area contributed by atoms with E-state index in [9.17, 15) is 0 Å². The van der Waals surface area contributed by atoms with Crippen molar-refractivity contribution < 1.29 is 0 Å². The molecule has 2 aliphatic rings. The molecule has 3 heteroatoms. The highest BCUT2D eigenvalue weighted by atomic mass is 15.1. The number of piperidine rings is 2. The first-order chi connectivity index (χ1) is 9.24. The summed E-state index contributed by atoms with van der Waals surface area (Å²) in [5.74, 6) is 1.94. The van der Waals surface area contributed by atoms with Crippen LogP contribution in [0.15, 0.2) is 0 Å². The van der Waals surface area contributed by atoms with E-state index in [1.54, 1.807) is 0 Å². The van der Waals surface area contributed by atoms with Crippen molar-refractivity contribution in [3.05, 3.63) is 0 Å². The molecule has 0 aromatic carbocycles. The number of nitrogens with zero attached hydrogens (tertiary/aromatic N) is 2. The van der Waals surface area contributed by atoms with E-state index in [0.717, 1.165) is 11.8 Å². The zero-order valence-corrected chi connectivity index (χ0v) is 13.0. The Morgan fingerprint density at radius 1 is 1.05 bits per heavy atom. The Kier molecular flexibility index (Phi) is 6.62. The minimum atomic E-state index is 0.945. The maximum atomic E-state index is 3.46. The predicted octanol–water partition coefficient (Wildman–Crippen LogP) is 2.04. The van der Waals surface area contributed by atoms with Gasteiger partial charge in [-0.25, -0.2) is 0 Å². The topological polar surface area (TPSA) is 18.5 Å². The molecule has 112 valence electrons. The van der Waals surface area contributed by atoms with E-state index >= 15 is 0 Å². The van der Waals surface area contributed by atoms with Crippen LogP contribution < -0.4 is 5.32 Å². The highest BCUT2D eigenvalue weighted by Crippen LogP contribution is 2.19. The second-order valence-electron chi connectivity index (χ2n) is 6.84. The minimum absolute atomic E-state index is 0.945. The van der Waals surface area contributed by atoms with Crippen LogP contribution >= 0.6 is 0 Å². The molecular formula is C16H33N3. The average Bonchev–Trinajstić information content (AvgIpc) is 2.43. The summed E-state index contributed by atoms with van der Waals surface area (Å²) in [5, 5.41) is 3.46. The number of hydrogen-bond acceptors (Lipinski definition) is 3. The first-order valence-electron chi connectivity index (χ1n) is 8.32. The number of likely N-dealkylation sites (tertiary alicyclic amines) is 1. The molecule has 3 nitrogen and oxygen atoms in total. The fourth-order valence-electron chi connectivity index (χ4n) is 3.60. The third-order valence-electron chi connectivity index (χ3n) is 5.02. The second kappa shape index (κ2) is 8.23. The Balaban J connectivity index is 1.52. The predicted molar refractivity (Wildman–Crippen MR) is 82.5 cm³/mol. The molecule has 0 aromatic heterocycles. The molecule has 0 aromatic rings. The molecule has 1 N–H and O–H groups in total. The molecule has 2 heterocycles. The zero-order chi connectivity index (χ0) is 13.5. The van der Waals surface area contributed by atoms with Gasteiger partial charge in [0.2, 0.25) is 0 Å². The van der Waals surface area contributed by atoms with E-state index < -0.39 is 0 Å². The van der Waals surface area contributed by atoms with Crippen molar-refractivity contribution in [1.29, 1.82) is 0 Å². The molecule has 0 unspecified atom stereocenters. The number of nitrogens with one attached hydrogen (secondary N) is 1. The molecular weight excluding hydrogens is 234 g/mol. The molecule has 0 radical (unpaired) electrons. The van der Waals surface area contributed by atoms with Gasteiger partial charge >= 0.3 is 0 Å². The maximum absolute atomic E-state index is 3.46. The van der Waals surface area contributed by atoms with Crippen LogP contribution in [0.3, 0.4) is 0 Å². The zero-order valence-electron chi connectivity index (χ0n) is 13.0. The quantitative estimate of drug-likeness (QED) is 0.794. The first-order valence-corrected chi connectivity index (χ1v) is 8.32. The highest BCUT2D eigenvalue weighted by Gasteiger charge is 2.18. The second-order valence-corrected chi connectivity index (χ2v) is 6.84. The van der Waals surface area contributed by atoms with Crippen molar-refractivity contribution in [3.8, 4) is 0 Å². The van der Waals surface area contributed by atoms with E-state index in [-0.39, 0.29) is 0 Å². The van der Waals surface area contributed by atoms with E-state index in [2.05, 4.69) is 29.2 Å². The monoisotopic (exact) mass is 267 g/mol. The molecule has 2 saturated heterocycles. The van der Waals surface area contributed by atoms with Gasteiger partial charge in [-0.3, -0.25) is 0 Å². The summed E-state index contributed by atoms with van der Waals surface area (Å²) in [6, 6.07) is 0. The van der Waals surface area contributed by atoms with Gasteiger partial charge in [0.1, 0.15) is 0 Å². The lowest BCUT2D eigenvalue weighted by atomic mass is 9.93. The molecule has 0 saturated carbocycles. The molecule has 0 atom stereocenters. The van der Waals surface area contributed by atoms with Crippen LogP contribution in [0.1, 0.15) is 38.5 Å². The normalized spacial score (nSPS) is 24.2. The third kappa shape index (κ3) is 5.80. The van der Waals surface area contributed by atoms with Gasteiger partial charge in [0.05, 0.1) is 0 Å². The van der Waals surface area contributed by atoms with Gasteiger partial charge < -0.3 is 15.1 Å². The van der Waals surface area contributed by atoms with Crippen LogP contribution in [0.4, 0.5) is 0 Å². The molecule has 0 bridgehead atoms. The van der Waals surface area contributed by atoms with Crippen LogP contribution in [0.2, 0.25) is 0 Å². The van der Waals surface area contributed by atoms with Gasteiger partial charge in [-0.1, -0.05) is 0 Å². The SMILES string of the molecule is CN1CCC(CN(C)CCCC2CCNCC2)CC1. The van der Waals surface area contributed by atoms with Gasteiger partial charge in [-0.05, 0) is 97.2 Å². The van der Waals surface area contributed by atoms with Crippen molar-refractivity contribution in [2.45, 2.75) is 38.5 Å². The summed E-state index contributed by atoms with van der Waals surface area (Å²) in [6.07, 6.45) is 8.44. The molecule has 0 amide bonds. The lowest BCUT2D eigenvalue weighted by molar-refractivity contribution is 0.173. The van der Waals surface area contributed by atoms with Crippen LogP contribution in [-0.4, -0.2) is 63.2 Å². The van der Waals surface area contributed by atoms with Crippen LogP contribution in [0, 0.1) is 11.8 Å². The van der Waals surface area contributed by atoms with E-state index in [1.165, 1.54) is 77.8 Å². The number of hydrogen-bond donors (Lipinski definition) is 1. The van der Waals surface area contributed by atoms with Crippen LogP contribution in [-0.2, 0) is 0 Å². The smallest absolute Gasteiger partial charge is 0.000756 e. The highest BCUT2D eigenvalue weighted by molar-refractivity contribution is 4.73. The summed E-state index contributed by atoms with van der Waals surface area (Å²) < 4.78 is 0. The fraction of sp³-hybridized carbons (Fsp3) is 1.00. The largest absolute Gasteiger partial charge is 0.317 e. The third-order valence-corrected chi connectivity index (χ3v) is 5.02. The maximum Gasteiger partial charge on any atom is 0.000756 e. The van der Waals surface area contributed by atoms with Crippen LogP contribution in [0.5, 0.6) is 0 Å². The van der Waals surface area contributed by atoms with E-state index in [0.29, 0.717) is 0 Å². The summed E-state index contributed by atoms with van der Waals surface area (Å²) in [5.41, 5.74) is 0. The Bertz CT molecular complexity index is 230. The summed E-state index contributed by atoms with van der Waals surface area (Å²) >= 11 is 0. The average molecular weight is 267 g/mol. The van der Waals surface area contributed by atoms with Gasteiger partial charge in [-0.15, -0.1) is 0 Å². The Hall–Kier alpha value is -0.120. The minimum Gasteiger partial charge on any atom is -0.317 e. The van der Waals surface area contributed by atoms with Gasteiger partial charge in [-0.2, -0.15) is 0 Å². The van der Waals surface area contributed by atoms with Crippen molar-refractivity contribution in [2.24, 2.45) is 11.8 Å². The van der Waals surface area contributed by atoms with E-state index in [1.807, 2.05) is 0 Å². The lowest BCUT2D eigenvalue weighted by Gasteiger charge is -2.32. The molecule has 0 spiro atoms. The van der Waals surface area contributed by atoms with Gasteiger partial charge in [0.15, 0.2) is 0 Å². The molecule has 2 rings (SSSR count). The first kappa shape index (κ1) is 15.3. The van der Waals surface area contributed by atoms with Gasteiger partial charge in [0.25, 0.3) is 0 Å². The number of rotatable bonds is 6. The van der Waals surface area contributed by atoms with Crippen molar-refractivity contribution >= 4 is 0 Å². The van der Waals surface area contributed by atoms with E-state index in [4.69, 9.17) is 0 Å². The Labute approximate surface area is 119 Å². The lowest BCUT2D eigenvalue weighted by Crippen LogP contribution is -2.36. The van der Waals surface area contributed by atoms with Crippen molar-refractivity contribution in [1.82, 2.24) is 15.1 Å². The summed E-state index contributed by atoms with van der Waals surface area (Å²) in [7, 11) is 4.57. The van der Waals surface area contributed by atoms with Crippen molar-refractivity contribution in [3.63, 3.8) is 0 Å². The summed E-state index contributed by atoms with van der Waals surface area (Å²) in [6.45, 7) is 7.71. The van der Waals surface area contributed by atoms with Gasteiger partial charge in [0, 0.05) is 6.54 Å². The summed E-state index contributed by atoms with van der Waals surface area (Å²) in [4.78, 5) is 5.05.